The summed E-state index contributed by atoms with van der Waals surface area (Å²) in [7, 11) is 0. The summed E-state index contributed by atoms with van der Waals surface area (Å²) in [4.78, 5) is 14.3. The van der Waals surface area contributed by atoms with Gasteiger partial charge in [0.2, 0.25) is 0 Å². The van der Waals surface area contributed by atoms with Crippen molar-refractivity contribution in [2.45, 2.75) is 12.3 Å². The number of halogens is 2. The third kappa shape index (κ3) is 1.84. The second-order valence-corrected chi connectivity index (χ2v) is 3.96. The molecule has 0 aromatic carbocycles. The molecule has 4 heteroatoms. The Hall–Kier alpha value is -0.600. The largest absolute Gasteiger partial charge is 0.303 e. The van der Waals surface area contributed by atoms with E-state index in [0.717, 1.165) is 18.3 Å². The van der Waals surface area contributed by atoms with Gasteiger partial charge in [-0.25, -0.2) is 4.98 Å². The quantitative estimate of drug-likeness (QED) is 0.561. The predicted molar refractivity (Wildman–Crippen MR) is 51.2 cm³/mol. The Morgan fingerprint density at radius 1 is 1.38 bits per heavy atom. The van der Waals surface area contributed by atoms with Crippen LogP contribution in [0, 0.1) is 5.92 Å². The second-order valence-electron chi connectivity index (χ2n) is 3.19. The third-order valence-corrected chi connectivity index (χ3v) is 2.62. The van der Waals surface area contributed by atoms with Gasteiger partial charge in [-0.2, -0.15) is 0 Å². The van der Waals surface area contributed by atoms with Crippen LogP contribution in [-0.4, -0.2) is 11.3 Å². The average molecular weight is 216 g/mol. The molecule has 68 valence electrons. The van der Waals surface area contributed by atoms with E-state index in [1.807, 2.05) is 0 Å². The summed E-state index contributed by atoms with van der Waals surface area (Å²) in [5.41, 5.74) is 1.02. The van der Waals surface area contributed by atoms with Gasteiger partial charge in [-0.1, -0.05) is 23.2 Å². The van der Waals surface area contributed by atoms with Crippen molar-refractivity contribution in [1.29, 1.82) is 0 Å². The molecule has 1 aromatic rings. The lowest BCUT2D eigenvalue weighted by Gasteiger charge is -1.99. The van der Waals surface area contributed by atoms with Crippen LogP contribution in [0.4, 0.5) is 0 Å². The monoisotopic (exact) mass is 215 g/mol. The molecule has 2 nitrogen and oxygen atoms in total. The molecule has 0 saturated heterocycles. The molecule has 1 fully saturated rings. The molecule has 13 heavy (non-hydrogen) atoms. The molecule has 0 bridgehead atoms. The maximum atomic E-state index is 10.4. The first-order chi connectivity index (χ1) is 6.20. The number of nitrogens with zero attached hydrogens (tertiary/aromatic N) is 1. The highest BCUT2D eigenvalue weighted by Crippen LogP contribution is 2.46. The number of aldehydes is 1. The van der Waals surface area contributed by atoms with Crippen LogP contribution in [0.3, 0.4) is 0 Å². The summed E-state index contributed by atoms with van der Waals surface area (Å²) in [6, 6.07) is 3.53. The molecule has 2 rings (SSSR count). The van der Waals surface area contributed by atoms with Crippen molar-refractivity contribution < 1.29 is 4.79 Å². The summed E-state index contributed by atoms with van der Waals surface area (Å²) >= 11 is 11.5. The van der Waals surface area contributed by atoms with Crippen LogP contribution in [0.1, 0.15) is 17.9 Å². The maximum absolute atomic E-state index is 10.4. The topological polar surface area (TPSA) is 30.0 Å². The smallest absolute Gasteiger partial charge is 0.131 e. The molecule has 0 amide bonds. The normalized spacial score (nSPS) is 25.7. The minimum Gasteiger partial charge on any atom is -0.303 e. The van der Waals surface area contributed by atoms with Gasteiger partial charge in [0.25, 0.3) is 0 Å². The Kier molecular flexibility index (Phi) is 2.26. The summed E-state index contributed by atoms with van der Waals surface area (Å²) < 4.78 is 0. The van der Waals surface area contributed by atoms with Crippen LogP contribution in [0.5, 0.6) is 0 Å². The van der Waals surface area contributed by atoms with E-state index < -0.39 is 0 Å². The highest BCUT2D eigenvalue weighted by molar-refractivity contribution is 6.32. The lowest BCUT2D eigenvalue weighted by Crippen LogP contribution is -1.87. The zero-order valence-corrected chi connectivity index (χ0v) is 8.22. The number of aromatic nitrogens is 1. The van der Waals surface area contributed by atoms with E-state index >= 15 is 0 Å². The zero-order chi connectivity index (χ0) is 9.42. The van der Waals surface area contributed by atoms with Gasteiger partial charge in [-0.05, 0) is 30.0 Å². The highest BCUT2D eigenvalue weighted by atomic mass is 35.5. The molecule has 1 saturated carbocycles. The first-order valence-corrected chi connectivity index (χ1v) is 4.74. The Bertz CT molecular complexity index is 333. The van der Waals surface area contributed by atoms with Gasteiger partial charge in [0.15, 0.2) is 0 Å². The zero-order valence-electron chi connectivity index (χ0n) is 6.71. The van der Waals surface area contributed by atoms with Gasteiger partial charge in [0.1, 0.15) is 16.6 Å². The van der Waals surface area contributed by atoms with Crippen molar-refractivity contribution in [2.75, 3.05) is 0 Å². The lowest BCUT2D eigenvalue weighted by atomic mass is 10.1. The van der Waals surface area contributed by atoms with E-state index in [2.05, 4.69) is 4.98 Å². The van der Waals surface area contributed by atoms with Crippen molar-refractivity contribution in [1.82, 2.24) is 4.98 Å². The Labute approximate surface area is 85.9 Å². The van der Waals surface area contributed by atoms with Gasteiger partial charge in [0.05, 0.1) is 0 Å². The van der Waals surface area contributed by atoms with E-state index in [-0.39, 0.29) is 5.92 Å². The standard InChI is InChI=1S/C9H7Cl2NO/c10-8-2-5(3-9(11)12-8)7-1-6(7)4-13/h2-4,6-7H,1H2/t6-,7-/m0/s1. The molecular formula is C9H7Cl2NO. The van der Waals surface area contributed by atoms with E-state index in [1.54, 1.807) is 12.1 Å². The predicted octanol–water partition coefficient (Wildman–Crippen LogP) is 2.69. The van der Waals surface area contributed by atoms with Crippen molar-refractivity contribution in [3.05, 3.63) is 28.0 Å². The van der Waals surface area contributed by atoms with Crippen molar-refractivity contribution in [3.63, 3.8) is 0 Å². The molecule has 0 aliphatic heterocycles. The number of rotatable bonds is 2. The Morgan fingerprint density at radius 2 is 2.00 bits per heavy atom. The summed E-state index contributed by atoms with van der Waals surface area (Å²) in [5.74, 6) is 0.449. The van der Waals surface area contributed by atoms with Crippen molar-refractivity contribution >= 4 is 29.5 Å². The van der Waals surface area contributed by atoms with Crippen LogP contribution in [-0.2, 0) is 4.79 Å². The van der Waals surface area contributed by atoms with E-state index in [0.29, 0.717) is 16.2 Å². The van der Waals surface area contributed by atoms with Crippen LogP contribution >= 0.6 is 23.2 Å². The second kappa shape index (κ2) is 3.28. The van der Waals surface area contributed by atoms with Gasteiger partial charge in [-0.15, -0.1) is 0 Å². The Morgan fingerprint density at radius 3 is 2.46 bits per heavy atom. The fourth-order valence-corrected chi connectivity index (χ4v) is 1.92. The van der Waals surface area contributed by atoms with Crippen LogP contribution < -0.4 is 0 Å². The third-order valence-electron chi connectivity index (χ3n) is 2.23. The molecule has 0 N–H and O–H groups in total. The molecule has 1 aliphatic rings. The van der Waals surface area contributed by atoms with Crippen LogP contribution in [0.25, 0.3) is 0 Å². The molecule has 1 aliphatic carbocycles. The number of hydrogen-bond donors (Lipinski definition) is 0. The van der Waals surface area contributed by atoms with Crippen molar-refractivity contribution in [3.8, 4) is 0 Å². The molecule has 1 aromatic heterocycles. The van der Waals surface area contributed by atoms with Crippen molar-refractivity contribution in [2.24, 2.45) is 5.92 Å². The molecular weight excluding hydrogens is 209 g/mol. The van der Waals surface area contributed by atoms with E-state index in [4.69, 9.17) is 23.2 Å². The minimum absolute atomic E-state index is 0.148. The van der Waals surface area contributed by atoms with Gasteiger partial charge in [-0.3, -0.25) is 0 Å². The van der Waals surface area contributed by atoms with Gasteiger partial charge in [0, 0.05) is 5.92 Å². The number of carbonyl (C=O) groups excluding carboxylic acids is 1. The van der Waals surface area contributed by atoms with Crippen LogP contribution in [0.2, 0.25) is 10.3 Å². The minimum atomic E-state index is 0.148. The average Bonchev–Trinajstić information content (AvgIpc) is 2.80. The van der Waals surface area contributed by atoms with E-state index in [1.165, 1.54) is 0 Å². The first-order valence-electron chi connectivity index (χ1n) is 3.99. The SMILES string of the molecule is O=C[C@@H]1C[C@H]1c1cc(Cl)nc(Cl)c1. The van der Waals surface area contributed by atoms with Crippen LogP contribution in [0.15, 0.2) is 12.1 Å². The lowest BCUT2D eigenvalue weighted by molar-refractivity contribution is -0.108. The van der Waals surface area contributed by atoms with Gasteiger partial charge >= 0.3 is 0 Å². The number of carbonyl (C=O) groups is 1. The molecule has 0 spiro atoms. The molecule has 0 unspecified atom stereocenters. The Balaban J connectivity index is 2.26. The first kappa shape index (κ1) is 8.97. The number of hydrogen-bond acceptors (Lipinski definition) is 2. The molecule has 1 heterocycles. The summed E-state index contributed by atoms with van der Waals surface area (Å²) in [6.45, 7) is 0. The number of pyridine rings is 1. The highest BCUT2D eigenvalue weighted by Gasteiger charge is 2.38. The molecule has 2 atom stereocenters. The fourth-order valence-electron chi connectivity index (χ4n) is 1.45. The van der Waals surface area contributed by atoms with E-state index in [9.17, 15) is 4.79 Å². The maximum Gasteiger partial charge on any atom is 0.131 e. The summed E-state index contributed by atoms with van der Waals surface area (Å²) in [6.07, 6.45) is 1.88. The molecule has 0 radical (unpaired) electrons. The fraction of sp³-hybridized carbons (Fsp3) is 0.333. The van der Waals surface area contributed by atoms with Gasteiger partial charge < -0.3 is 4.79 Å². The summed E-state index contributed by atoms with van der Waals surface area (Å²) in [5, 5.41) is 0.776.